The van der Waals surface area contributed by atoms with Crippen molar-refractivity contribution in [1.82, 2.24) is 15.5 Å². The third kappa shape index (κ3) is 4.38. The molecule has 5 nitrogen and oxygen atoms in total. The van der Waals surface area contributed by atoms with Gasteiger partial charge in [-0.3, -0.25) is 0 Å². The van der Waals surface area contributed by atoms with Crippen LogP contribution in [0.1, 0.15) is 58.9 Å². The number of hydrogen-bond donors (Lipinski definition) is 1. The van der Waals surface area contributed by atoms with E-state index < -0.39 is 0 Å². The summed E-state index contributed by atoms with van der Waals surface area (Å²) in [5.74, 6) is 1.25. The zero-order chi connectivity index (χ0) is 13.6. The first-order valence-corrected chi connectivity index (χ1v) is 6.63. The maximum Gasteiger partial charge on any atom is 0.240 e. The minimum absolute atomic E-state index is 0.0476. The average Bonchev–Trinajstić information content (AvgIpc) is 2.73. The van der Waals surface area contributed by atoms with Gasteiger partial charge in [0.05, 0.1) is 6.54 Å². The summed E-state index contributed by atoms with van der Waals surface area (Å²) in [6.07, 6.45) is 0.955. The molecule has 0 fully saturated rings. The Balaban J connectivity index is 2.69. The van der Waals surface area contributed by atoms with Crippen LogP contribution < -0.4 is 5.32 Å². The summed E-state index contributed by atoms with van der Waals surface area (Å²) in [5, 5.41) is 7.27. The van der Waals surface area contributed by atoms with Crippen LogP contribution in [0, 0.1) is 5.41 Å². The van der Waals surface area contributed by atoms with Gasteiger partial charge in [0.1, 0.15) is 6.10 Å². The molecule has 0 aromatic carbocycles. The quantitative estimate of drug-likeness (QED) is 0.759. The van der Waals surface area contributed by atoms with E-state index in [1.54, 1.807) is 0 Å². The first-order chi connectivity index (χ1) is 8.49. The van der Waals surface area contributed by atoms with Crippen LogP contribution in [0.3, 0.4) is 0 Å². The van der Waals surface area contributed by atoms with Crippen molar-refractivity contribution in [1.29, 1.82) is 0 Å². The number of rotatable bonds is 7. The van der Waals surface area contributed by atoms with E-state index in [2.05, 4.69) is 43.2 Å². The standard InChI is InChI=1S/C13H25N3O2/c1-6-8-14-9-10-15-12(16-18-10)11(17-7-2)13(3,4)5/h11,14H,6-9H2,1-5H3. The topological polar surface area (TPSA) is 60.2 Å². The molecule has 0 spiro atoms. The highest BCUT2D eigenvalue weighted by Gasteiger charge is 2.31. The minimum atomic E-state index is -0.133. The fraction of sp³-hybridized carbons (Fsp3) is 0.846. The summed E-state index contributed by atoms with van der Waals surface area (Å²) in [6, 6.07) is 0. The van der Waals surface area contributed by atoms with E-state index in [4.69, 9.17) is 9.26 Å². The molecule has 1 atom stereocenters. The van der Waals surface area contributed by atoms with E-state index in [0.29, 0.717) is 24.9 Å². The van der Waals surface area contributed by atoms with Crippen molar-refractivity contribution in [3.05, 3.63) is 11.7 Å². The Kier molecular flexibility index (Phi) is 5.75. The maximum absolute atomic E-state index is 5.73. The average molecular weight is 255 g/mol. The van der Waals surface area contributed by atoms with Crippen molar-refractivity contribution in [2.75, 3.05) is 13.2 Å². The maximum atomic E-state index is 5.73. The normalized spacial score (nSPS) is 13.8. The molecule has 1 rings (SSSR count). The molecule has 0 bridgehead atoms. The van der Waals surface area contributed by atoms with Crippen molar-refractivity contribution in [3.63, 3.8) is 0 Å². The Hall–Kier alpha value is -0.940. The van der Waals surface area contributed by atoms with Crippen LogP contribution in [0.25, 0.3) is 0 Å². The molecule has 1 aromatic rings. The van der Waals surface area contributed by atoms with E-state index in [9.17, 15) is 0 Å². The largest absolute Gasteiger partial charge is 0.370 e. The van der Waals surface area contributed by atoms with E-state index in [1.165, 1.54) is 0 Å². The molecular formula is C13H25N3O2. The van der Waals surface area contributed by atoms with Gasteiger partial charge in [-0.15, -0.1) is 0 Å². The molecule has 1 aromatic heterocycles. The van der Waals surface area contributed by atoms with Crippen LogP contribution in [0.5, 0.6) is 0 Å². The molecule has 0 radical (unpaired) electrons. The van der Waals surface area contributed by atoms with Crippen LogP contribution in [0.4, 0.5) is 0 Å². The number of ether oxygens (including phenoxy) is 1. The van der Waals surface area contributed by atoms with E-state index >= 15 is 0 Å². The van der Waals surface area contributed by atoms with Crippen molar-refractivity contribution >= 4 is 0 Å². The molecule has 0 saturated carbocycles. The Morgan fingerprint density at radius 1 is 1.33 bits per heavy atom. The SMILES string of the molecule is CCCNCc1nc(C(OCC)C(C)(C)C)no1. The van der Waals surface area contributed by atoms with Gasteiger partial charge in [0, 0.05) is 6.61 Å². The number of hydrogen-bond acceptors (Lipinski definition) is 5. The molecular weight excluding hydrogens is 230 g/mol. The molecule has 18 heavy (non-hydrogen) atoms. The lowest BCUT2D eigenvalue weighted by atomic mass is 9.88. The predicted octanol–water partition coefficient (Wildman–Crippen LogP) is 2.69. The van der Waals surface area contributed by atoms with Gasteiger partial charge in [0.15, 0.2) is 0 Å². The van der Waals surface area contributed by atoms with Crippen molar-refractivity contribution < 1.29 is 9.26 Å². The molecule has 1 heterocycles. The van der Waals surface area contributed by atoms with E-state index in [0.717, 1.165) is 13.0 Å². The highest BCUT2D eigenvalue weighted by Crippen LogP contribution is 2.34. The van der Waals surface area contributed by atoms with Crippen LogP contribution in [-0.4, -0.2) is 23.3 Å². The lowest BCUT2D eigenvalue weighted by molar-refractivity contribution is -0.0203. The monoisotopic (exact) mass is 255 g/mol. The van der Waals surface area contributed by atoms with Gasteiger partial charge in [-0.25, -0.2) is 0 Å². The molecule has 104 valence electrons. The lowest BCUT2D eigenvalue weighted by Crippen LogP contribution is -2.22. The summed E-state index contributed by atoms with van der Waals surface area (Å²) < 4.78 is 11.0. The van der Waals surface area contributed by atoms with Crippen LogP contribution in [0.2, 0.25) is 0 Å². The van der Waals surface area contributed by atoms with Gasteiger partial charge in [0.2, 0.25) is 11.7 Å². The second-order valence-corrected chi connectivity index (χ2v) is 5.42. The lowest BCUT2D eigenvalue weighted by Gasteiger charge is -2.27. The predicted molar refractivity (Wildman–Crippen MR) is 70.1 cm³/mol. The number of aromatic nitrogens is 2. The smallest absolute Gasteiger partial charge is 0.240 e. The summed E-state index contributed by atoms with van der Waals surface area (Å²) in [4.78, 5) is 4.40. The number of nitrogens with one attached hydrogen (secondary N) is 1. The Morgan fingerprint density at radius 2 is 2.06 bits per heavy atom. The first-order valence-electron chi connectivity index (χ1n) is 6.63. The number of nitrogens with zero attached hydrogens (tertiary/aromatic N) is 2. The Bertz CT molecular complexity index is 344. The summed E-state index contributed by atoms with van der Waals surface area (Å²) in [6.45, 7) is 12.6. The van der Waals surface area contributed by atoms with Crippen molar-refractivity contribution in [3.8, 4) is 0 Å². The van der Waals surface area contributed by atoms with Crippen LogP contribution in [0.15, 0.2) is 4.52 Å². The van der Waals surface area contributed by atoms with Crippen molar-refractivity contribution in [2.24, 2.45) is 5.41 Å². The zero-order valence-electron chi connectivity index (χ0n) is 12.1. The van der Waals surface area contributed by atoms with Gasteiger partial charge < -0.3 is 14.6 Å². The third-order valence-electron chi connectivity index (χ3n) is 2.54. The van der Waals surface area contributed by atoms with Gasteiger partial charge in [-0.2, -0.15) is 4.98 Å². The zero-order valence-corrected chi connectivity index (χ0v) is 12.1. The highest BCUT2D eigenvalue weighted by atomic mass is 16.5. The van der Waals surface area contributed by atoms with Gasteiger partial charge >= 0.3 is 0 Å². The van der Waals surface area contributed by atoms with Crippen LogP contribution >= 0.6 is 0 Å². The Morgan fingerprint density at radius 3 is 2.61 bits per heavy atom. The van der Waals surface area contributed by atoms with Gasteiger partial charge in [-0.05, 0) is 25.3 Å². The molecule has 0 aliphatic carbocycles. The fourth-order valence-electron chi connectivity index (χ4n) is 1.70. The minimum Gasteiger partial charge on any atom is -0.370 e. The molecule has 0 aliphatic rings. The third-order valence-corrected chi connectivity index (χ3v) is 2.54. The summed E-state index contributed by atoms with van der Waals surface area (Å²) in [5.41, 5.74) is -0.0476. The Labute approximate surface area is 109 Å². The second kappa shape index (κ2) is 6.85. The molecule has 1 unspecified atom stereocenters. The molecule has 1 N–H and O–H groups in total. The summed E-state index contributed by atoms with van der Waals surface area (Å²) in [7, 11) is 0. The van der Waals surface area contributed by atoms with Gasteiger partial charge in [-0.1, -0.05) is 32.9 Å². The molecule has 0 aliphatic heterocycles. The van der Waals surface area contributed by atoms with E-state index in [1.807, 2.05) is 6.92 Å². The van der Waals surface area contributed by atoms with Gasteiger partial charge in [0.25, 0.3) is 0 Å². The molecule has 5 heteroatoms. The fourth-order valence-corrected chi connectivity index (χ4v) is 1.70. The summed E-state index contributed by atoms with van der Waals surface area (Å²) >= 11 is 0. The first kappa shape index (κ1) is 15.1. The molecule has 0 amide bonds. The van der Waals surface area contributed by atoms with Crippen molar-refractivity contribution in [2.45, 2.75) is 53.7 Å². The highest BCUT2D eigenvalue weighted by molar-refractivity contribution is 4.96. The van der Waals surface area contributed by atoms with Crippen LogP contribution in [-0.2, 0) is 11.3 Å². The second-order valence-electron chi connectivity index (χ2n) is 5.42. The van der Waals surface area contributed by atoms with E-state index in [-0.39, 0.29) is 11.5 Å². The molecule has 0 saturated heterocycles.